The molecule has 1 fully saturated rings. The molecule has 1 aromatic heterocycles. The second kappa shape index (κ2) is 13.2. The van der Waals surface area contributed by atoms with Crippen molar-refractivity contribution < 1.29 is 29.3 Å². The number of carboxylic acid groups (broad SMARTS) is 1. The van der Waals surface area contributed by atoms with Gasteiger partial charge < -0.3 is 29.6 Å². The van der Waals surface area contributed by atoms with Crippen LogP contribution in [-0.4, -0.2) is 37.7 Å². The average molecular weight is 562 g/mol. The second-order valence-electron chi connectivity index (χ2n) is 9.09. The van der Waals surface area contributed by atoms with Crippen molar-refractivity contribution in [2.45, 2.75) is 63.9 Å². The fourth-order valence-corrected chi connectivity index (χ4v) is 4.52. The monoisotopic (exact) mass is 561 g/mol. The molecular formula is C27H29Cl2N3O6. The number of benzene rings is 2. The lowest BCUT2D eigenvalue weighted by molar-refractivity contribution is -0.252. The summed E-state index contributed by atoms with van der Waals surface area (Å²) in [5.41, 5.74) is 3.50. The molecule has 0 aliphatic carbocycles. The predicted octanol–water partition coefficient (Wildman–Crippen LogP) is 4.80. The lowest BCUT2D eigenvalue weighted by atomic mass is 10.00. The van der Waals surface area contributed by atoms with Gasteiger partial charge in [0.25, 0.3) is 0 Å². The Balaban J connectivity index is 1.44. The Bertz CT molecular complexity index is 1230. The molecule has 2 heterocycles. The Labute approximate surface area is 230 Å². The van der Waals surface area contributed by atoms with Gasteiger partial charge >= 0.3 is 5.97 Å². The van der Waals surface area contributed by atoms with Crippen LogP contribution in [0, 0.1) is 0 Å². The number of imidazole rings is 1. The molecule has 202 valence electrons. The van der Waals surface area contributed by atoms with Crippen molar-refractivity contribution in [3.8, 4) is 0 Å². The normalized spacial score (nSPS) is 19.3. The van der Waals surface area contributed by atoms with E-state index in [1.165, 1.54) is 0 Å². The van der Waals surface area contributed by atoms with E-state index in [-0.39, 0.29) is 42.7 Å². The van der Waals surface area contributed by atoms with E-state index in [2.05, 4.69) is 10.3 Å². The molecule has 38 heavy (non-hydrogen) atoms. The molecule has 1 aliphatic heterocycles. The maximum atomic E-state index is 12.0. The van der Waals surface area contributed by atoms with E-state index < -0.39 is 12.3 Å². The van der Waals surface area contributed by atoms with Crippen LogP contribution in [0.2, 0.25) is 10.3 Å². The topological polar surface area (TPSA) is 123 Å². The van der Waals surface area contributed by atoms with Crippen LogP contribution in [0.5, 0.6) is 0 Å². The van der Waals surface area contributed by atoms with Gasteiger partial charge in [0.2, 0.25) is 5.91 Å². The van der Waals surface area contributed by atoms with Gasteiger partial charge in [0.1, 0.15) is 5.15 Å². The zero-order chi connectivity index (χ0) is 27.1. The summed E-state index contributed by atoms with van der Waals surface area (Å²) in [5.74, 6) is -1.10. The number of aromatic nitrogens is 2. The standard InChI is InChI=1S/C27H29Cl2N3O6/c28-25-26(29)32(16-31-25)14-21-12-22(19-8-6-18(15-33)7-9-19)38-27(37-21)20-10-4-17(5-11-20)13-30-23(34)2-1-3-24(35)36/h4-11,16,21-22,27,33H,1-3,12-15H2,(H,30,34)(H,35,36). The van der Waals surface area contributed by atoms with Gasteiger partial charge in [-0.3, -0.25) is 9.59 Å². The number of aliphatic hydroxyl groups is 1. The number of halogens is 2. The third-order valence-corrected chi connectivity index (χ3v) is 7.05. The highest BCUT2D eigenvalue weighted by atomic mass is 35.5. The van der Waals surface area contributed by atoms with Crippen LogP contribution in [-0.2, 0) is 38.8 Å². The Morgan fingerprint density at radius 2 is 1.68 bits per heavy atom. The molecule has 3 N–H and O–H groups in total. The molecule has 3 aromatic rings. The van der Waals surface area contributed by atoms with Crippen molar-refractivity contribution in [1.82, 2.24) is 14.9 Å². The van der Waals surface area contributed by atoms with Gasteiger partial charge in [-0.15, -0.1) is 0 Å². The maximum absolute atomic E-state index is 12.0. The van der Waals surface area contributed by atoms with E-state index in [1.807, 2.05) is 48.5 Å². The minimum absolute atomic E-state index is 0.0306. The van der Waals surface area contributed by atoms with Crippen LogP contribution in [0.15, 0.2) is 54.9 Å². The number of ether oxygens (including phenoxy) is 2. The number of hydrogen-bond acceptors (Lipinski definition) is 6. The number of hydrogen-bond donors (Lipinski definition) is 3. The molecule has 9 nitrogen and oxygen atoms in total. The molecule has 0 saturated carbocycles. The number of nitrogens with zero attached hydrogens (tertiary/aromatic N) is 2. The zero-order valence-electron chi connectivity index (χ0n) is 20.6. The first-order valence-electron chi connectivity index (χ1n) is 12.3. The van der Waals surface area contributed by atoms with Crippen molar-refractivity contribution in [2.75, 3.05) is 0 Å². The van der Waals surface area contributed by atoms with Crippen molar-refractivity contribution >= 4 is 35.1 Å². The minimum Gasteiger partial charge on any atom is -0.481 e. The van der Waals surface area contributed by atoms with Crippen LogP contribution in [0.3, 0.4) is 0 Å². The number of carboxylic acids is 1. The van der Waals surface area contributed by atoms with Crippen LogP contribution in [0.1, 0.15) is 60.3 Å². The molecule has 0 radical (unpaired) electrons. The van der Waals surface area contributed by atoms with Gasteiger partial charge in [-0.1, -0.05) is 71.7 Å². The van der Waals surface area contributed by atoms with Crippen LogP contribution >= 0.6 is 23.2 Å². The summed E-state index contributed by atoms with van der Waals surface area (Å²) in [5, 5.41) is 21.5. The summed E-state index contributed by atoms with van der Waals surface area (Å²) in [6, 6.07) is 15.2. The van der Waals surface area contributed by atoms with E-state index in [4.69, 9.17) is 37.8 Å². The maximum Gasteiger partial charge on any atom is 0.303 e. The average Bonchev–Trinajstić information content (AvgIpc) is 3.24. The van der Waals surface area contributed by atoms with Crippen molar-refractivity contribution in [1.29, 1.82) is 0 Å². The second-order valence-corrected chi connectivity index (χ2v) is 9.81. The summed E-state index contributed by atoms with van der Waals surface area (Å²) < 4.78 is 14.4. The summed E-state index contributed by atoms with van der Waals surface area (Å²) in [7, 11) is 0. The zero-order valence-corrected chi connectivity index (χ0v) is 22.1. The van der Waals surface area contributed by atoms with E-state index >= 15 is 0 Å². The number of aliphatic hydroxyl groups excluding tert-OH is 1. The summed E-state index contributed by atoms with van der Waals surface area (Å²) in [4.78, 5) is 26.6. The van der Waals surface area contributed by atoms with Gasteiger partial charge in [-0.2, -0.15) is 0 Å². The SMILES string of the molecule is O=C(O)CCCC(=O)NCc1ccc(C2OC(Cn3cnc(Cl)c3Cl)CC(c3ccc(CO)cc3)O2)cc1. The fourth-order valence-electron chi connectivity index (χ4n) is 4.20. The van der Waals surface area contributed by atoms with E-state index in [0.717, 1.165) is 22.3 Å². The molecular weight excluding hydrogens is 533 g/mol. The van der Waals surface area contributed by atoms with Gasteiger partial charge in [-0.05, 0) is 23.1 Å². The van der Waals surface area contributed by atoms with Gasteiger partial charge in [0.15, 0.2) is 11.4 Å². The molecule has 3 unspecified atom stereocenters. The van der Waals surface area contributed by atoms with Crippen molar-refractivity contribution in [3.05, 3.63) is 87.4 Å². The number of amides is 1. The Kier molecular flexibility index (Phi) is 9.76. The van der Waals surface area contributed by atoms with Crippen LogP contribution in [0.4, 0.5) is 0 Å². The molecule has 11 heteroatoms. The smallest absolute Gasteiger partial charge is 0.303 e. The lowest BCUT2D eigenvalue weighted by Crippen LogP contribution is -2.32. The summed E-state index contributed by atoms with van der Waals surface area (Å²) in [6.07, 6.45) is 1.45. The first-order valence-corrected chi connectivity index (χ1v) is 13.0. The first-order chi connectivity index (χ1) is 18.3. The lowest BCUT2D eigenvalue weighted by Gasteiger charge is -2.36. The van der Waals surface area contributed by atoms with E-state index in [9.17, 15) is 14.7 Å². The molecule has 1 amide bonds. The van der Waals surface area contributed by atoms with E-state index in [0.29, 0.717) is 31.1 Å². The van der Waals surface area contributed by atoms with Crippen molar-refractivity contribution in [3.63, 3.8) is 0 Å². The Morgan fingerprint density at radius 1 is 1.00 bits per heavy atom. The van der Waals surface area contributed by atoms with Gasteiger partial charge in [0, 0.05) is 31.4 Å². The summed E-state index contributed by atoms with van der Waals surface area (Å²) in [6.45, 7) is 0.742. The van der Waals surface area contributed by atoms with Gasteiger partial charge in [0.05, 0.1) is 31.7 Å². The van der Waals surface area contributed by atoms with Crippen LogP contribution in [0.25, 0.3) is 0 Å². The molecule has 4 rings (SSSR count). The quantitative estimate of drug-likeness (QED) is 0.307. The van der Waals surface area contributed by atoms with Crippen molar-refractivity contribution in [2.24, 2.45) is 0 Å². The molecule has 1 aliphatic rings. The molecule has 1 saturated heterocycles. The third-order valence-electron chi connectivity index (χ3n) is 6.28. The largest absolute Gasteiger partial charge is 0.481 e. The molecule has 0 bridgehead atoms. The number of rotatable bonds is 11. The number of carbonyl (C=O) groups is 2. The van der Waals surface area contributed by atoms with E-state index in [1.54, 1.807) is 10.9 Å². The molecule has 3 atom stereocenters. The molecule has 0 spiro atoms. The highest BCUT2D eigenvalue weighted by Crippen LogP contribution is 2.39. The minimum atomic E-state index is -0.913. The fraction of sp³-hybridized carbons (Fsp3) is 0.370. The Morgan fingerprint density at radius 3 is 2.32 bits per heavy atom. The van der Waals surface area contributed by atoms with Crippen LogP contribution < -0.4 is 5.32 Å². The highest BCUT2D eigenvalue weighted by Gasteiger charge is 2.32. The first kappa shape index (κ1) is 28.1. The van der Waals surface area contributed by atoms with Gasteiger partial charge in [-0.25, -0.2) is 4.98 Å². The highest BCUT2D eigenvalue weighted by molar-refractivity contribution is 6.40. The number of carbonyl (C=O) groups excluding carboxylic acids is 1. The third kappa shape index (κ3) is 7.55. The molecule has 2 aromatic carbocycles. The Hall–Kier alpha value is -2.95. The number of nitrogens with one attached hydrogen (secondary N) is 1. The number of aliphatic carboxylic acids is 1. The summed E-state index contributed by atoms with van der Waals surface area (Å²) >= 11 is 12.3. The predicted molar refractivity (Wildman–Crippen MR) is 140 cm³/mol.